The van der Waals surface area contributed by atoms with E-state index in [0.29, 0.717) is 23.3 Å². The molecule has 1 saturated heterocycles. The van der Waals surface area contributed by atoms with Gasteiger partial charge in [-0.2, -0.15) is 9.47 Å². The van der Waals surface area contributed by atoms with E-state index in [2.05, 4.69) is 15.3 Å². The van der Waals surface area contributed by atoms with Crippen molar-refractivity contribution in [2.75, 3.05) is 6.54 Å². The van der Waals surface area contributed by atoms with Crippen LogP contribution < -0.4 is 15.5 Å². The summed E-state index contributed by atoms with van der Waals surface area (Å²) in [7, 11) is 0. The Bertz CT molecular complexity index is 1170. The van der Waals surface area contributed by atoms with Crippen molar-refractivity contribution in [3.05, 3.63) is 59.7 Å². The number of nitrogens with two attached hydrogens (primary N) is 1. The second-order valence-electron chi connectivity index (χ2n) is 7.76. The molecule has 3 aromatic rings. The number of aromatic hydroxyl groups is 1. The van der Waals surface area contributed by atoms with Gasteiger partial charge in [-0.15, -0.1) is 0 Å². The number of aromatic nitrogens is 2. The van der Waals surface area contributed by atoms with Crippen molar-refractivity contribution in [3.8, 4) is 5.75 Å². The van der Waals surface area contributed by atoms with Crippen molar-refractivity contribution in [2.24, 2.45) is 5.73 Å². The minimum Gasteiger partial charge on any atom is -0.504 e. The standard InChI is InChI=1S/C22H22FN5O3/c1-13-4-3-11-28(13,22(24)31)20-16-5-2-10-25-17(16)19(29)18(27-20)21(30)26-12-14-6-8-15(23)9-7-14/h2,5-10,13H,3-4,11-12H2,1H3,(H3-,24,26,29,30,31)/p+1/t13-,28?/m1/s1. The van der Waals surface area contributed by atoms with Gasteiger partial charge in [0, 0.05) is 25.6 Å². The van der Waals surface area contributed by atoms with Gasteiger partial charge >= 0.3 is 6.03 Å². The van der Waals surface area contributed by atoms with Crippen molar-refractivity contribution in [1.82, 2.24) is 19.8 Å². The number of carbonyl (C=O) groups excluding carboxylic acids is 2. The second-order valence-corrected chi connectivity index (χ2v) is 7.76. The first-order valence-electron chi connectivity index (χ1n) is 10.0. The molecule has 0 spiro atoms. The van der Waals surface area contributed by atoms with Gasteiger partial charge in [-0.25, -0.2) is 9.18 Å². The number of hydrogen-bond acceptors (Lipinski definition) is 5. The predicted octanol–water partition coefficient (Wildman–Crippen LogP) is 2.97. The number of carbonyl (C=O) groups is 2. The first kappa shape index (κ1) is 20.7. The summed E-state index contributed by atoms with van der Waals surface area (Å²) in [6.45, 7) is 2.49. The number of urea groups is 1. The third-order valence-corrected chi connectivity index (χ3v) is 5.95. The molecule has 4 rings (SSSR count). The molecule has 9 heteroatoms. The van der Waals surface area contributed by atoms with Crippen molar-refractivity contribution in [3.63, 3.8) is 0 Å². The SMILES string of the molecule is C[C@@H]1CCC[N+]1(C(N)=O)c1nc(C(=O)NCc2ccc(F)cc2)c(O)c2ncccc12. The number of nitrogens with zero attached hydrogens (tertiary/aromatic N) is 3. The van der Waals surface area contributed by atoms with Gasteiger partial charge in [0.2, 0.25) is 5.82 Å². The van der Waals surface area contributed by atoms with Gasteiger partial charge in [-0.1, -0.05) is 12.1 Å². The number of pyridine rings is 2. The topological polar surface area (TPSA) is 118 Å². The molecule has 1 aliphatic heterocycles. The largest absolute Gasteiger partial charge is 0.504 e. The van der Waals surface area contributed by atoms with E-state index < -0.39 is 11.9 Å². The van der Waals surface area contributed by atoms with Gasteiger partial charge in [0.15, 0.2) is 11.4 Å². The summed E-state index contributed by atoms with van der Waals surface area (Å²) >= 11 is 0. The van der Waals surface area contributed by atoms with Crippen LogP contribution in [0.2, 0.25) is 0 Å². The number of primary amides is 1. The lowest BCUT2D eigenvalue weighted by atomic mass is 10.1. The molecule has 2 atom stereocenters. The molecule has 160 valence electrons. The number of likely N-dealkylation sites (tertiary alicyclic amines) is 1. The second kappa shape index (κ2) is 7.92. The normalized spacial score (nSPS) is 20.6. The summed E-state index contributed by atoms with van der Waals surface area (Å²) in [5.41, 5.74) is 6.46. The number of benzene rings is 1. The van der Waals surface area contributed by atoms with Crippen LogP contribution in [0.4, 0.5) is 15.0 Å². The van der Waals surface area contributed by atoms with Crippen LogP contribution in [0.3, 0.4) is 0 Å². The first-order valence-corrected chi connectivity index (χ1v) is 10.0. The van der Waals surface area contributed by atoms with E-state index in [4.69, 9.17) is 5.73 Å². The summed E-state index contributed by atoms with van der Waals surface area (Å²) in [5.74, 6) is -1.07. The molecule has 31 heavy (non-hydrogen) atoms. The summed E-state index contributed by atoms with van der Waals surface area (Å²) in [5, 5.41) is 13.9. The molecule has 0 radical (unpaired) electrons. The summed E-state index contributed by atoms with van der Waals surface area (Å²) in [6.07, 6.45) is 3.05. The fourth-order valence-electron chi connectivity index (χ4n) is 4.26. The zero-order valence-corrected chi connectivity index (χ0v) is 17.0. The molecule has 8 nitrogen and oxygen atoms in total. The molecular formula is C22H23FN5O3+. The van der Waals surface area contributed by atoms with Gasteiger partial charge in [-0.3, -0.25) is 9.78 Å². The molecule has 3 amide bonds. The molecule has 0 aliphatic carbocycles. The molecule has 1 fully saturated rings. The van der Waals surface area contributed by atoms with Gasteiger partial charge in [0.25, 0.3) is 5.91 Å². The van der Waals surface area contributed by atoms with Gasteiger partial charge < -0.3 is 16.2 Å². The molecule has 1 aliphatic rings. The smallest absolute Gasteiger partial charge is 0.420 e. The van der Waals surface area contributed by atoms with Crippen LogP contribution in [0.5, 0.6) is 5.75 Å². The number of halogens is 1. The van der Waals surface area contributed by atoms with Crippen LogP contribution in [0.25, 0.3) is 10.9 Å². The highest BCUT2D eigenvalue weighted by atomic mass is 19.1. The van der Waals surface area contributed by atoms with Gasteiger partial charge in [-0.05, 0) is 36.8 Å². The Morgan fingerprint density at radius 2 is 2.03 bits per heavy atom. The average molecular weight is 424 g/mol. The number of hydrogen-bond donors (Lipinski definition) is 3. The minimum atomic E-state index is -0.634. The molecule has 4 N–H and O–H groups in total. The summed E-state index contributed by atoms with van der Waals surface area (Å²) in [6, 6.07) is 8.39. The van der Waals surface area contributed by atoms with Crippen LogP contribution >= 0.6 is 0 Å². The zero-order valence-electron chi connectivity index (χ0n) is 17.0. The highest BCUT2D eigenvalue weighted by Gasteiger charge is 2.49. The maximum Gasteiger partial charge on any atom is 0.420 e. The van der Waals surface area contributed by atoms with E-state index in [1.807, 2.05) is 6.92 Å². The average Bonchev–Trinajstić information content (AvgIpc) is 3.16. The molecule has 3 heterocycles. The van der Waals surface area contributed by atoms with E-state index in [0.717, 1.165) is 12.8 Å². The van der Waals surface area contributed by atoms with Gasteiger partial charge in [0.05, 0.1) is 11.9 Å². The third kappa shape index (κ3) is 3.46. The molecule has 1 unspecified atom stereocenters. The number of rotatable bonds is 4. The maximum atomic E-state index is 13.1. The van der Waals surface area contributed by atoms with E-state index in [-0.39, 0.29) is 39.8 Å². The fourth-order valence-corrected chi connectivity index (χ4v) is 4.26. The lowest BCUT2D eigenvalue weighted by molar-refractivity contribution is 0.0942. The monoisotopic (exact) mass is 424 g/mol. The Labute approximate surface area is 178 Å². The highest BCUT2D eigenvalue weighted by molar-refractivity contribution is 6.05. The Morgan fingerprint density at radius 3 is 2.68 bits per heavy atom. The third-order valence-electron chi connectivity index (χ3n) is 5.95. The van der Waals surface area contributed by atoms with Crippen molar-refractivity contribution in [1.29, 1.82) is 0 Å². The van der Waals surface area contributed by atoms with Gasteiger partial charge in [0.1, 0.15) is 17.4 Å². The van der Waals surface area contributed by atoms with Crippen molar-refractivity contribution in [2.45, 2.75) is 32.4 Å². The van der Waals surface area contributed by atoms with Crippen molar-refractivity contribution < 1.29 is 19.1 Å². The Kier molecular flexibility index (Phi) is 5.28. The lowest BCUT2D eigenvalue weighted by Gasteiger charge is -2.33. The van der Waals surface area contributed by atoms with Crippen LogP contribution in [0, 0.1) is 5.82 Å². The zero-order chi connectivity index (χ0) is 22.2. The van der Waals surface area contributed by atoms with Crippen LogP contribution in [-0.2, 0) is 6.54 Å². The molecule has 0 bridgehead atoms. The van der Waals surface area contributed by atoms with Crippen LogP contribution in [-0.4, -0.2) is 39.6 Å². The molecule has 2 aromatic heterocycles. The quantitative estimate of drug-likeness (QED) is 0.557. The molecule has 0 saturated carbocycles. The number of quaternary nitrogens is 1. The Hall–Kier alpha value is -3.59. The first-order chi connectivity index (χ1) is 14.8. The van der Waals surface area contributed by atoms with E-state index >= 15 is 0 Å². The Morgan fingerprint density at radius 1 is 1.29 bits per heavy atom. The Balaban J connectivity index is 1.79. The van der Waals surface area contributed by atoms with Crippen molar-refractivity contribution >= 4 is 28.7 Å². The number of fused-ring (bicyclic) bond motifs is 1. The fraction of sp³-hybridized carbons (Fsp3) is 0.273. The van der Waals surface area contributed by atoms with E-state index in [1.54, 1.807) is 24.3 Å². The number of nitrogens with one attached hydrogen (secondary N) is 1. The van der Waals surface area contributed by atoms with Crippen LogP contribution in [0.1, 0.15) is 35.8 Å². The van der Waals surface area contributed by atoms with Crippen LogP contribution in [0.15, 0.2) is 42.6 Å². The minimum absolute atomic E-state index is 0.113. The number of amides is 3. The molecule has 1 aromatic carbocycles. The van der Waals surface area contributed by atoms with E-state index in [1.165, 1.54) is 18.3 Å². The maximum absolute atomic E-state index is 13.1. The lowest BCUT2D eigenvalue weighted by Crippen LogP contribution is -2.59. The predicted molar refractivity (Wildman–Crippen MR) is 114 cm³/mol. The van der Waals surface area contributed by atoms with E-state index in [9.17, 15) is 19.1 Å². The highest BCUT2D eigenvalue weighted by Crippen LogP contribution is 2.40. The molecular weight excluding hydrogens is 401 g/mol. The summed E-state index contributed by atoms with van der Waals surface area (Å²) < 4.78 is 12.9. The summed E-state index contributed by atoms with van der Waals surface area (Å²) in [4.78, 5) is 34.2.